The topological polar surface area (TPSA) is 41.5 Å². The summed E-state index contributed by atoms with van der Waals surface area (Å²) >= 11 is 0. The molecule has 2 N–H and O–H groups in total. The quantitative estimate of drug-likeness (QED) is 0.765. The van der Waals surface area contributed by atoms with Gasteiger partial charge in [-0.25, -0.2) is 0 Å². The number of nitrogens with one attached hydrogen (secondary N) is 1. The van der Waals surface area contributed by atoms with Crippen LogP contribution in [0.3, 0.4) is 0 Å². The van der Waals surface area contributed by atoms with Gasteiger partial charge in [-0.15, -0.1) is 0 Å². The Balaban J connectivity index is 2.43. The van der Waals surface area contributed by atoms with Crippen LogP contribution in [0.15, 0.2) is 24.3 Å². The molecule has 0 aromatic heterocycles. The number of hydrogen-bond donors (Lipinski definition) is 2. The Morgan fingerprint density at radius 3 is 2.47 bits per heavy atom. The van der Waals surface area contributed by atoms with Gasteiger partial charge in [0.2, 0.25) is 0 Å². The number of ether oxygens (including phenoxy) is 1. The first-order valence-electron chi connectivity index (χ1n) is 6.22. The molecule has 0 aliphatic carbocycles. The van der Waals surface area contributed by atoms with E-state index in [1.54, 1.807) is 7.11 Å². The fourth-order valence-corrected chi connectivity index (χ4v) is 1.79. The molecule has 0 aliphatic heterocycles. The van der Waals surface area contributed by atoms with Crippen LogP contribution in [-0.4, -0.2) is 24.8 Å². The van der Waals surface area contributed by atoms with E-state index in [0.29, 0.717) is 12.6 Å². The summed E-state index contributed by atoms with van der Waals surface area (Å²) in [5.74, 6) is 0.813. The number of aliphatic hydroxyl groups excluding tert-OH is 1. The van der Waals surface area contributed by atoms with E-state index in [9.17, 15) is 5.11 Å². The van der Waals surface area contributed by atoms with Gasteiger partial charge in [-0.3, -0.25) is 0 Å². The Bertz CT molecular complexity index is 311. The molecule has 0 bridgehead atoms. The van der Waals surface area contributed by atoms with Crippen LogP contribution < -0.4 is 10.1 Å². The van der Waals surface area contributed by atoms with Crippen LogP contribution in [0.1, 0.15) is 38.4 Å². The second kappa shape index (κ2) is 7.30. The molecule has 96 valence electrons. The van der Waals surface area contributed by atoms with E-state index < -0.39 is 6.10 Å². The van der Waals surface area contributed by atoms with Crippen LogP contribution in [0.25, 0.3) is 0 Å². The highest BCUT2D eigenvalue weighted by Gasteiger charge is 2.08. The second-order valence-corrected chi connectivity index (χ2v) is 4.39. The Kier molecular flexibility index (Phi) is 6.01. The summed E-state index contributed by atoms with van der Waals surface area (Å²) in [7, 11) is 1.64. The molecule has 0 spiro atoms. The maximum Gasteiger partial charge on any atom is 0.118 e. The first-order valence-corrected chi connectivity index (χ1v) is 6.22. The van der Waals surface area contributed by atoms with Gasteiger partial charge in [0.1, 0.15) is 5.75 Å². The molecule has 3 nitrogen and oxygen atoms in total. The Hall–Kier alpha value is -1.06. The highest BCUT2D eigenvalue weighted by molar-refractivity contribution is 5.28. The van der Waals surface area contributed by atoms with E-state index >= 15 is 0 Å². The van der Waals surface area contributed by atoms with E-state index in [1.165, 1.54) is 0 Å². The number of benzene rings is 1. The predicted octanol–water partition coefficient (Wildman–Crippen LogP) is 2.51. The molecule has 2 atom stereocenters. The van der Waals surface area contributed by atoms with Gasteiger partial charge in [0.05, 0.1) is 13.2 Å². The second-order valence-electron chi connectivity index (χ2n) is 4.39. The summed E-state index contributed by atoms with van der Waals surface area (Å²) in [6.45, 7) is 4.90. The SMILES string of the molecule is CCCC(C)NCC(O)c1ccc(OC)cc1. The minimum atomic E-state index is -0.458. The fourth-order valence-electron chi connectivity index (χ4n) is 1.79. The zero-order chi connectivity index (χ0) is 12.7. The normalized spacial score (nSPS) is 14.4. The van der Waals surface area contributed by atoms with E-state index in [1.807, 2.05) is 24.3 Å². The zero-order valence-corrected chi connectivity index (χ0v) is 10.9. The molecule has 0 amide bonds. The molecule has 0 radical (unpaired) electrons. The minimum absolute atomic E-state index is 0.452. The van der Waals surface area contributed by atoms with Gasteiger partial charge in [-0.1, -0.05) is 25.5 Å². The smallest absolute Gasteiger partial charge is 0.118 e. The molecular formula is C14H23NO2. The fraction of sp³-hybridized carbons (Fsp3) is 0.571. The van der Waals surface area contributed by atoms with Gasteiger partial charge in [0.25, 0.3) is 0 Å². The lowest BCUT2D eigenvalue weighted by Gasteiger charge is -2.17. The summed E-state index contributed by atoms with van der Waals surface area (Å²) in [5, 5.41) is 13.3. The third kappa shape index (κ3) is 4.75. The van der Waals surface area contributed by atoms with Crippen molar-refractivity contribution in [3.63, 3.8) is 0 Å². The molecular weight excluding hydrogens is 214 g/mol. The van der Waals surface area contributed by atoms with Gasteiger partial charge in [0, 0.05) is 12.6 Å². The van der Waals surface area contributed by atoms with Crippen molar-refractivity contribution < 1.29 is 9.84 Å². The maximum absolute atomic E-state index is 10.00. The van der Waals surface area contributed by atoms with Gasteiger partial charge in [-0.05, 0) is 31.0 Å². The van der Waals surface area contributed by atoms with Gasteiger partial charge in [-0.2, -0.15) is 0 Å². The van der Waals surface area contributed by atoms with Gasteiger partial charge >= 0.3 is 0 Å². The van der Waals surface area contributed by atoms with Crippen LogP contribution in [0, 0.1) is 0 Å². The van der Waals surface area contributed by atoms with Crippen LogP contribution in [-0.2, 0) is 0 Å². The third-order valence-corrected chi connectivity index (χ3v) is 2.88. The van der Waals surface area contributed by atoms with E-state index in [4.69, 9.17) is 4.74 Å². The molecule has 0 saturated carbocycles. The summed E-state index contributed by atoms with van der Waals surface area (Å²) in [5.41, 5.74) is 0.919. The van der Waals surface area contributed by atoms with Crippen molar-refractivity contribution in [2.45, 2.75) is 38.8 Å². The Morgan fingerprint density at radius 1 is 1.29 bits per heavy atom. The largest absolute Gasteiger partial charge is 0.497 e. The first kappa shape index (κ1) is 14.0. The van der Waals surface area contributed by atoms with Crippen molar-refractivity contribution >= 4 is 0 Å². The average Bonchev–Trinajstić information content (AvgIpc) is 2.36. The number of rotatable bonds is 7. The monoisotopic (exact) mass is 237 g/mol. The van der Waals surface area contributed by atoms with Gasteiger partial charge < -0.3 is 15.2 Å². The highest BCUT2D eigenvalue weighted by atomic mass is 16.5. The minimum Gasteiger partial charge on any atom is -0.497 e. The number of methoxy groups -OCH3 is 1. The van der Waals surface area contributed by atoms with Crippen molar-refractivity contribution in [2.24, 2.45) is 0 Å². The lowest BCUT2D eigenvalue weighted by atomic mass is 10.1. The summed E-state index contributed by atoms with van der Waals surface area (Å²) in [6, 6.07) is 7.99. The molecule has 1 aromatic rings. The van der Waals surface area contributed by atoms with Crippen LogP contribution >= 0.6 is 0 Å². The molecule has 0 saturated heterocycles. The Morgan fingerprint density at radius 2 is 1.94 bits per heavy atom. The maximum atomic E-state index is 10.00. The predicted molar refractivity (Wildman–Crippen MR) is 70.3 cm³/mol. The van der Waals surface area contributed by atoms with E-state index in [-0.39, 0.29) is 0 Å². The van der Waals surface area contributed by atoms with Gasteiger partial charge in [0.15, 0.2) is 0 Å². The summed E-state index contributed by atoms with van der Waals surface area (Å²) < 4.78 is 5.08. The lowest BCUT2D eigenvalue weighted by Crippen LogP contribution is -2.30. The lowest BCUT2D eigenvalue weighted by molar-refractivity contribution is 0.170. The molecule has 2 unspecified atom stereocenters. The molecule has 3 heteroatoms. The number of aliphatic hydroxyl groups is 1. The highest BCUT2D eigenvalue weighted by Crippen LogP contribution is 2.17. The van der Waals surface area contributed by atoms with Crippen molar-refractivity contribution in [2.75, 3.05) is 13.7 Å². The van der Waals surface area contributed by atoms with Crippen molar-refractivity contribution in [1.29, 1.82) is 0 Å². The van der Waals surface area contributed by atoms with Crippen LogP contribution in [0.4, 0.5) is 0 Å². The third-order valence-electron chi connectivity index (χ3n) is 2.88. The molecule has 1 rings (SSSR count). The molecule has 0 fully saturated rings. The standard InChI is InChI=1S/C14H23NO2/c1-4-5-11(2)15-10-14(16)12-6-8-13(17-3)9-7-12/h6-9,11,14-16H,4-5,10H2,1-3H3. The Labute approximate surface area is 104 Å². The van der Waals surface area contributed by atoms with Crippen molar-refractivity contribution in [3.05, 3.63) is 29.8 Å². The first-order chi connectivity index (χ1) is 8.17. The van der Waals surface area contributed by atoms with Crippen LogP contribution in [0.2, 0.25) is 0 Å². The van der Waals surface area contributed by atoms with Crippen molar-refractivity contribution in [3.8, 4) is 5.75 Å². The summed E-state index contributed by atoms with van der Waals surface area (Å²) in [6.07, 6.45) is 1.84. The average molecular weight is 237 g/mol. The number of hydrogen-bond acceptors (Lipinski definition) is 3. The van der Waals surface area contributed by atoms with E-state index in [2.05, 4.69) is 19.2 Å². The van der Waals surface area contributed by atoms with Crippen molar-refractivity contribution in [1.82, 2.24) is 5.32 Å². The molecule has 0 heterocycles. The zero-order valence-electron chi connectivity index (χ0n) is 10.9. The van der Waals surface area contributed by atoms with E-state index in [0.717, 1.165) is 24.2 Å². The van der Waals surface area contributed by atoms with Crippen LogP contribution in [0.5, 0.6) is 5.75 Å². The molecule has 0 aliphatic rings. The molecule has 17 heavy (non-hydrogen) atoms. The summed E-state index contributed by atoms with van der Waals surface area (Å²) in [4.78, 5) is 0. The molecule has 1 aromatic carbocycles.